The fraction of sp³-hybridized carbons (Fsp3) is 0.792. The first-order chi connectivity index (χ1) is 29.7. The summed E-state index contributed by atoms with van der Waals surface area (Å²) in [6, 6.07) is 7.67. The third-order valence-electron chi connectivity index (χ3n) is 11.9. The molecule has 0 saturated carbocycles. The fourth-order valence-corrected chi connectivity index (χ4v) is 8.33. The SMILES string of the molecule is CCN=C(N)CCCCCCCN(CCCCCCCC(=N)CCCCCCCCN)C(=O)NC(C)(C)c1cccc(C(C)(C)NC(=O)NCCC[N+](C)(C)CCCS(=O)(=O)O)c1. The van der Waals surface area contributed by atoms with E-state index < -0.39 is 21.2 Å². The number of unbranched alkanes of at least 4 members (excludes halogenated alkanes) is 13. The van der Waals surface area contributed by atoms with Crippen LogP contribution < -0.4 is 27.4 Å². The van der Waals surface area contributed by atoms with Gasteiger partial charge in [0.15, 0.2) is 0 Å². The molecular formula is C48H92N9O5S+. The Morgan fingerprint density at radius 3 is 1.75 bits per heavy atom. The van der Waals surface area contributed by atoms with Crippen LogP contribution in [0.4, 0.5) is 9.59 Å². The summed E-state index contributed by atoms with van der Waals surface area (Å²) >= 11 is 0. The lowest BCUT2D eigenvalue weighted by atomic mass is 9.87. The topological polar surface area (TPSA) is 216 Å². The summed E-state index contributed by atoms with van der Waals surface area (Å²) in [6.07, 6.45) is 21.3. The molecule has 0 atom stereocenters. The first-order valence-corrected chi connectivity index (χ1v) is 25.9. The Bertz CT molecular complexity index is 1580. The summed E-state index contributed by atoms with van der Waals surface area (Å²) < 4.78 is 31.8. The summed E-state index contributed by atoms with van der Waals surface area (Å²) in [7, 11) is 0.0322. The number of nitrogens with two attached hydrogens (primary N) is 2. The van der Waals surface area contributed by atoms with Gasteiger partial charge in [-0.2, -0.15) is 8.42 Å². The molecule has 364 valence electrons. The smallest absolute Gasteiger partial charge is 0.318 e. The zero-order chi connectivity index (χ0) is 47.2. The molecule has 0 heterocycles. The lowest BCUT2D eigenvalue weighted by Crippen LogP contribution is -2.49. The third kappa shape index (κ3) is 29.0. The van der Waals surface area contributed by atoms with Gasteiger partial charge < -0.3 is 42.2 Å². The number of amidine groups is 1. The fourth-order valence-electron chi connectivity index (χ4n) is 7.83. The predicted molar refractivity (Wildman–Crippen MR) is 263 cm³/mol. The molecule has 0 radical (unpaired) electrons. The van der Waals surface area contributed by atoms with Gasteiger partial charge in [-0.05, 0) is 104 Å². The highest BCUT2D eigenvalue weighted by atomic mass is 32.2. The average molecular weight is 907 g/mol. The Morgan fingerprint density at radius 1 is 0.746 bits per heavy atom. The van der Waals surface area contributed by atoms with Crippen molar-refractivity contribution in [1.82, 2.24) is 20.9 Å². The summed E-state index contributed by atoms with van der Waals surface area (Å²) in [6.45, 7) is 14.7. The van der Waals surface area contributed by atoms with Gasteiger partial charge in [0.05, 0.1) is 49.9 Å². The number of carbonyl (C=O) groups is 2. The molecule has 0 aromatic heterocycles. The molecule has 0 unspecified atom stereocenters. The van der Waals surface area contributed by atoms with E-state index in [9.17, 15) is 18.0 Å². The van der Waals surface area contributed by atoms with Crippen molar-refractivity contribution < 1.29 is 27.0 Å². The standard InChI is InChI=1S/C48H91N9O5S/c1-8-52-44(51)32-21-15-12-18-24-36-56(35-23-17-11-14-20-31-43(50)30-19-13-9-10-16-22-33-49)46(59)55-48(4,5)42-29-25-28-41(40-42)47(2,3)54-45(58)53-34-26-37-57(6,7)38-27-39-63(60,61)62/h25,28-29,40,50H,8-24,26-27,30-39,49H2,1-7H3,(H5-,51,52,53,54,55,58,59,60,61,62)/p+1. The van der Waals surface area contributed by atoms with E-state index in [0.29, 0.717) is 43.5 Å². The van der Waals surface area contributed by atoms with Gasteiger partial charge in [-0.25, -0.2) is 9.59 Å². The van der Waals surface area contributed by atoms with E-state index in [0.717, 1.165) is 139 Å². The van der Waals surface area contributed by atoms with Crippen molar-refractivity contribution >= 4 is 33.7 Å². The quantitative estimate of drug-likeness (QED) is 0.0113. The minimum absolute atomic E-state index is 0.0706. The van der Waals surface area contributed by atoms with Crippen molar-refractivity contribution in [2.24, 2.45) is 16.5 Å². The van der Waals surface area contributed by atoms with Crippen LogP contribution in [0, 0.1) is 5.41 Å². The van der Waals surface area contributed by atoms with Crippen LogP contribution in [0.25, 0.3) is 0 Å². The van der Waals surface area contributed by atoms with Gasteiger partial charge in [0, 0.05) is 51.2 Å². The Balaban J connectivity index is 2.75. The first kappa shape index (κ1) is 57.7. The number of nitrogens with one attached hydrogen (secondary N) is 4. The molecule has 14 nitrogen and oxygen atoms in total. The van der Waals surface area contributed by atoms with Gasteiger partial charge >= 0.3 is 12.1 Å². The number of benzene rings is 1. The number of hydrogen-bond donors (Lipinski definition) is 7. The largest absolute Gasteiger partial charge is 0.387 e. The number of urea groups is 2. The summed E-state index contributed by atoms with van der Waals surface area (Å²) in [5, 5.41) is 17.8. The zero-order valence-electron chi connectivity index (χ0n) is 40.8. The van der Waals surface area contributed by atoms with Crippen LogP contribution in [0.15, 0.2) is 29.3 Å². The predicted octanol–water partition coefficient (Wildman–Crippen LogP) is 8.98. The van der Waals surface area contributed by atoms with Crippen LogP contribution in [0.3, 0.4) is 0 Å². The maximum absolute atomic E-state index is 14.0. The highest BCUT2D eigenvalue weighted by molar-refractivity contribution is 7.85. The minimum atomic E-state index is -3.97. The van der Waals surface area contributed by atoms with Crippen molar-refractivity contribution in [2.45, 2.75) is 181 Å². The average Bonchev–Trinajstić information content (AvgIpc) is 3.19. The number of hydrogen-bond acceptors (Lipinski definition) is 7. The van der Waals surface area contributed by atoms with E-state index in [2.05, 4.69) is 27.0 Å². The van der Waals surface area contributed by atoms with Crippen LogP contribution in [0.1, 0.15) is 181 Å². The van der Waals surface area contributed by atoms with E-state index in [1.54, 1.807) is 0 Å². The Kier molecular flexibility index (Phi) is 28.9. The van der Waals surface area contributed by atoms with E-state index in [4.69, 9.17) is 21.4 Å². The Hall–Kier alpha value is -3.27. The van der Waals surface area contributed by atoms with E-state index >= 15 is 0 Å². The zero-order valence-corrected chi connectivity index (χ0v) is 41.6. The summed E-state index contributed by atoms with van der Waals surface area (Å²) in [4.78, 5) is 33.3. The van der Waals surface area contributed by atoms with Crippen molar-refractivity contribution in [3.63, 3.8) is 0 Å². The molecule has 0 aliphatic rings. The molecule has 0 bridgehead atoms. The molecule has 1 rings (SSSR count). The third-order valence-corrected chi connectivity index (χ3v) is 12.7. The van der Waals surface area contributed by atoms with Gasteiger partial charge in [-0.1, -0.05) is 88.5 Å². The number of quaternary nitrogens is 1. The van der Waals surface area contributed by atoms with Crippen LogP contribution >= 0.6 is 0 Å². The molecule has 9 N–H and O–H groups in total. The second-order valence-corrected chi connectivity index (χ2v) is 20.8. The van der Waals surface area contributed by atoms with Crippen LogP contribution in [0.5, 0.6) is 0 Å². The summed E-state index contributed by atoms with van der Waals surface area (Å²) in [5.74, 6) is 0.476. The maximum atomic E-state index is 14.0. The molecule has 0 fully saturated rings. The number of amides is 4. The highest BCUT2D eigenvalue weighted by Crippen LogP contribution is 2.27. The minimum Gasteiger partial charge on any atom is -0.387 e. The number of carbonyl (C=O) groups excluding carboxylic acids is 2. The van der Waals surface area contributed by atoms with E-state index in [-0.39, 0.29) is 17.8 Å². The van der Waals surface area contributed by atoms with Crippen molar-refractivity contribution in [3.05, 3.63) is 35.4 Å². The van der Waals surface area contributed by atoms with Crippen LogP contribution in [0.2, 0.25) is 0 Å². The molecule has 0 spiro atoms. The number of nitrogens with zero attached hydrogens (tertiary/aromatic N) is 3. The van der Waals surface area contributed by atoms with Gasteiger partial charge in [0.25, 0.3) is 10.1 Å². The Labute approximate surface area is 383 Å². The molecule has 1 aromatic rings. The van der Waals surface area contributed by atoms with Crippen molar-refractivity contribution in [2.75, 3.05) is 65.7 Å². The monoisotopic (exact) mass is 907 g/mol. The molecule has 63 heavy (non-hydrogen) atoms. The molecule has 0 saturated heterocycles. The van der Waals surface area contributed by atoms with Gasteiger partial charge in [-0.15, -0.1) is 0 Å². The summed E-state index contributed by atoms with van der Waals surface area (Å²) in [5.41, 5.74) is 12.9. The number of aliphatic imine (C=N–C) groups is 1. The molecule has 4 amide bonds. The van der Waals surface area contributed by atoms with Crippen molar-refractivity contribution in [1.29, 1.82) is 5.41 Å². The highest BCUT2D eigenvalue weighted by Gasteiger charge is 2.29. The molecule has 0 aliphatic heterocycles. The molecule has 15 heteroatoms. The second-order valence-electron chi connectivity index (χ2n) is 19.3. The van der Waals surface area contributed by atoms with Crippen molar-refractivity contribution in [3.8, 4) is 0 Å². The van der Waals surface area contributed by atoms with E-state index in [1.807, 2.05) is 71.8 Å². The van der Waals surface area contributed by atoms with Gasteiger partial charge in [-0.3, -0.25) is 9.55 Å². The lowest BCUT2D eigenvalue weighted by Gasteiger charge is -2.33. The number of rotatable bonds is 37. The molecular weight excluding hydrogens is 815 g/mol. The van der Waals surface area contributed by atoms with Crippen LogP contribution in [-0.2, 0) is 21.2 Å². The van der Waals surface area contributed by atoms with Gasteiger partial charge in [0.2, 0.25) is 0 Å². The maximum Gasteiger partial charge on any atom is 0.318 e. The Morgan fingerprint density at radius 2 is 1.22 bits per heavy atom. The first-order valence-electron chi connectivity index (χ1n) is 24.3. The van der Waals surface area contributed by atoms with Crippen LogP contribution in [-0.4, -0.2) is 112 Å². The molecule has 0 aliphatic carbocycles. The van der Waals surface area contributed by atoms with Gasteiger partial charge in [0.1, 0.15) is 0 Å². The van der Waals surface area contributed by atoms with E-state index in [1.165, 1.54) is 25.7 Å². The normalized spacial score (nSPS) is 12.6. The lowest BCUT2D eigenvalue weighted by molar-refractivity contribution is -0.890. The second kappa shape index (κ2) is 31.6. The molecule has 1 aromatic carbocycles.